The van der Waals surface area contributed by atoms with Gasteiger partial charge in [0.05, 0.1) is 0 Å². The van der Waals surface area contributed by atoms with E-state index in [2.05, 4.69) is 10.2 Å². The van der Waals surface area contributed by atoms with Crippen LogP contribution in [0.5, 0.6) is 0 Å². The molecule has 2 saturated heterocycles. The molecule has 1 spiro atoms. The summed E-state index contributed by atoms with van der Waals surface area (Å²) in [7, 11) is 0. The van der Waals surface area contributed by atoms with Crippen LogP contribution in [-0.2, 0) is 9.59 Å². The van der Waals surface area contributed by atoms with Crippen LogP contribution in [0, 0.1) is 5.41 Å². The SMILES string of the molecule is O=C1NC(=O)C2(CC2)C(=O)N1CCN1CCCC1. The van der Waals surface area contributed by atoms with Crippen molar-refractivity contribution in [2.45, 2.75) is 25.7 Å². The molecule has 18 heavy (non-hydrogen) atoms. The van der Waals surface area contributed by atoms with E-state index in [9.17, 15) is 14.4 Å². The predicted molar refractivity (Wildman–Crippen MR) is 62.6 cm³/mol. The fourth-order valence-corrected chi connectivity index (χ4v) is 2.75. The highest BCUT2D eigenvalue weighted by Gasteiger charge is 2.62. The monoisotopic (exact) mass is 251 g/mol. The number of carbonyl (C=O) groups is 3. The highest BCUT2D eigenvalue weighted by molar-refractivity contribution is 6.20. The molecule has 98 valence electrons. The second-order valence-corrected chi connectivity index (χ2v) is 5.35. The van der Waals surface area contributed by atoms with Gasteiger partial charge in [-0.15, -0.1) is 0 Å². The van der Waals surface area contributed by atoms with Gasteiger partial charge in [0.2, 0.25) is 11.8 Å². The Morgan fingerprint density at radius 3 is 2.33 bits per heavy atom. The van der Waals surface area contributed by atoms with Gasteiger partial charge in [-0.1, -0.05) is 0 Å². The number of urea groups is 1. The van der Waals surface area contributed by atoms with E-state index in [0.717, 1.165) is 13.1 Å². The van der Waals surface area contributed by atoms with Gasteiger partial charge in [-0.3, -0.25) is 19.8 Å². The second-order valence-electron chi connectivity index (χ2n) is 5.35. The average Bonchev–Trinajstić information content (AvgIpc) is 2.99. The first-order valence-electron chi connectivity index (χ1n) is 6.53. The van der Waals surface area contributed by atoms with Crippen molar-refractivity contribution in [2.75, 3.05) is 26.2 Å². The third kappa shape index (κ3) is 1.71. The Hall–Kier alpha value is -1.43. The second kappa shape index (κ2) is 4.05. The molecule has 1 N–H and O–H groups in total. The van der Waals surface area contributed by atoms with E-state index < -0.39 is 17.4 Å². The molecule has 1 saturated carbocycles. The van der Waals surface area contributed by atoms with Crippen molar-refractivity contribution in [3.05, 3.63) is 0 Å². The minimum Gasteiger partial charge on any atom is -0.302 e. The first kappa shape index (κ1) is 11.6. The van der Waals surface area contributed by atoms with E-state index in [4.69, 9.17) is 0 Å². The largest absolute Gasteiger partial charge is 0.330 e. The Morgan fingerprint density at radius 1 is 1.06 bits per heavy atom. The van der Waals surface area contributed by atoms with Crippen LogP contribution in [0.2, 0.25) is 0 Å². The Kier molecular flexibility index (Phi) is 2.62. The quantitative estimate of drug-likeness (QED) is 0.713. The van der Waals surface area contributed by atoms with Gasteiger partial charge < -0.3 is 4.90 Å². The minimum atomic E-state index is -0.904. The molecule has 0 unspecified atom stereocenters. The number of barbiturate groups is 1. The zero-order valence-corrected chi connectivity index (χ0v) is 10.3. The first-order valence-corrected chi connectivity index (χ1v) is 6.53. The Bertz CT molecular complexity index is 411. The minimum absolute atomic E-state index is 0.296. The molecule has 0 aromatic carbocycles. The molecule has 3 fully saturated rings. The molecule has 2 aliphatic heterocycles. The van der Waals surface area contributed by atoms with Crippen LogP contribution in [0.15, 0.2) is 0 Å². The Labute approximate surface area is 105 Å². The molecule has 0 radical (unpaired) electrons. The highest BCUT2D eigenvalue weighted by atomic mass is 16.2. The van der Waals surface area contributed by atoms with Crippen LogP contribution in [-0.4, -0.2) is 53.8 Å². The van der Waals surface area contributed by atoms with Gasteiger partial charge in [-0.25, -0.2) is 4.79 Å². The number of nitrogens with zero attached hydrogens (tertiary/aromatic N) is 2. The normalized spacial score (nSPS) is 26.9. The summed E-state index contributed by atoms with van der Waals surface area (Å²) in [5, 5.41) is 2.30. The summed E-state index contributed by atoms with van der Waals surface area (Å²) in [6, 6.07) is -0.554. The summed E-state index contributed by atoms with van der Waals surface area (Å²) in [6.07, 6.45) is 3.52. The van der Waals surface area contributed by atoms with Crippen molar-refractivity contribution in [2.24, 2.45) is 5.41 Å². The van der Waals surface area contributed by atoms with Gasteiger partial charge in [0.1, 0.15) is 5.41 Å². The Balaban J connectivity index is 1.65. The molecular formula is C12H17N3O3. The maximum Gasteiger partial charge on any atom is 0.330 e. The van der Waals surface area contributed by atoms with Gasteiger partial charge in [-0.2, -0.15) is 0 Å². The van der Waals surface area contributed by atoms with Gasteiger partial charge in [0.25, 0.3) is 0 Å². The first-order chi connectivity index (χ1) is 8.63. The van der Waals surface area contributed by atoms with E-state index in [0.29, 0.717) is 25.9 Å². The van der Waals surface area contributed by atoms with Crippen LogP contribution < -0.4 is 5.32 Å². The molecule has 3 rings (SSSR count). The maximum absolute atomic E-state index is 12.2. The zero-order chi connectivity index (χ0) is 12.8. The number of likely N-dealkylation sites (tertiary alicyclic amines) is 1. The van der Waals surface area contributed by atoms with Gasteiger partial charge in [0.15, 0.2) is 0 Å². The van der Waals surface area contributed by atoms with Crippen molar-refractivity contribution in [1.29, 1.82) is 0 Å². The lowest BCUT2D eigenvalue weighted by Crippen LogP contribution is -2.60. The number of rotatable bonds is 3. The van der Waals surface area contributed by atoms with Crippen LogP contribution >= 0.6 is 0 Å². The lowest BCUT2D eigenvalue weighted by molar-refractivity contribution is -0.144. The Morgan fingerprint density at radius 2 is 1.72 bits per heavy atom. The number of hydrogen-bond acceptors (Lipinski definition) is 4. The summed E-state index contributed by atoms with van der Waals surface area (Å²) in [4.78, 5) is 38.9. The standard InChI is InChI=1S/C12H17N3O3/c16-9-12(3-4-12)10(17)15(11(18)13-9)8-7-14-5-1-2-6-14/h1-8H2,(H,13,16,18). The third-order valence-corrected chi connectivity index (χ3v) is 4.14. The van der Waals surface area contributed by atoms with Crippen molar-refractivity contribution in [1.82, 2.24) is 15.1 Å². The zero-order valence-electron chi connectivity index (χ0n) is 10.3. The van der Waals surface area contributed by atoms with E-state index in [1.54, 1.807) is 0 Å². The summed E-state index contributed by atoms with van der Waals surface area (Å²) >= 11 is 0. The van der Waals surface area contributed by atoms with Crippen molar-refractivity contribution in [3.8, 4) is 0 Å². The molecule has 0 aromatic heterocycles. The number of amides is 4. The van der Waals surface area contributed by atoms with Crippen molar-refractivity contribution >= 4 is 17.8 Å². The molecule has 6 nitrogen and oxygen atoms in total. The smallest absolute Gasteiger partial charge is 0.302 e. The van der Waals surface area contributed by atoms with Crippen LogP contribution in [0.25, 0.3) is 0 Å². The molecule has 0 aromatic rings. The molecule has 3 aliphatic rings. The number of hydrogen-bond donors (Lipinski definition) is 1. The van der Waals surface area contributed by atoms with Crippen molar-refractivity contribution < 1.29 is 14.4 Å². The van der Waals surface area contributed by atoms with E-state index >= 15 is 0 Å². The molecule has 0 atom stereocenters. The number of imide groups is 2. The molecule has 6 heteroatoms. The molecule has 0 bridgehead atoms. The summed E-state index contributed by atoms with van der Waals surface area (Å²) < 4.78 is 0. The summed E-state index contributed by atoms with van der Waals surface area (Å²) in [5.41, 5.74) is -0.904. The van der Waals surface area contributed by atoms with Crippen LogP contribution in [0.4, 0.5) is 4.79 Å². The maximum atomic E-state index is 12.2. The van der Waals surface area contributed by atoms with E-state index in [-0.39, 0.29) is 5.91 Å². The van der Waals surface area contributed by atoms with Crippen molar-refractivity contribution in [3.63, 3.8) is 0 Å². The van der Waals surface area contributed by atoms with E-state index in [1.807, 2.05) is 0 Å². The van der Waals surface area contributed by atoms with E-state index in [1.165, 1.54) is 17.7 Å². The lowest BCUT2D eigenvalue weighted by atomic mass is 10.0. The van der Waals surface area contributed by atoms with Gasteiger partial charge in [-0.05, 0) is 38.8 Å². The van der Waals surface area contributed by atoms with Gasteiger partial charge in [0, 0.05) is 13.1 Å². The fraction of sp³-hybridized carbons (Fsp3) is 0.750. The topological polar surface area (TPSA) is 69.7 Å². The molecule has 1 aliphatic carbocycles. The third-order valence-electron chi connectivity index (χ3n) is 4.14. The average molecular weight is 251 g/mol. The number of carbonyl (C=O) groups excluding carboxylic acids is 3. The predicted octanol–water partition coefficient (Wildman–Crippen LogP) is -0.0592. The lowest BCUT2D eigenvalue weighted by Gasteiger charge is -2.31. The highest BCUT2D eigenvalue weighted by Crippen LogP contribution is 2.48. The molecular weight excluding hydrogens is 234 g/mol. The molecule has 2 heterocycles. The summed E-state index contributed by atoms with van der Waals surface area (Å²) in [5.74, 6) is -0.703. The molecule has 4 amide bonds. The summed E-state index contributed by atoms with van der Waals surface area (Å²) in [6.45, 7) is 3.17. The number of nitrogens with one attached hydrogen (secondary N) is 1. The van der Waals surface area contributed by atoms with Gasteiger partial charge >= 0.3 is 6.03 Å². The fourth-order valence-electron chi connectivity index (χ4n) is 2.75. The van der Waals surface area contributed by atoms with Crippen LogP contribution in [0.1, 0.15) is 25.7 Å². The van der Waals surface area contributed by atoms with Crippen LogP contribution in [0.3, 0.4) is 0 Å².